The Balaban J connectivity index is 0.000000119. The van der Waals surface area contributed by atoms with Gasteiger partial charge in [-0.25, -0.2) is 9.97 Å². The van der Waals surface area contributed by atoms with E-state index in [9.17, 15) is 0 Å². The molecule has 0 unspecified atom stereocenters. The highest BCUT2D eigenvalue weighted by atomic mass is 15.5. The van der Waals surface area contributed by atoms with Crippen LogP contribution in [0.25, 0.3) is 218 Å². The molecule has 0 atom stereocenters. The van der Waals surface area contributed by atoms with E-state index in [0.29, 0.717) is 0 Å². The lowest BCUT2D eigenvalue weighted by molar-refractivity contribution is 0.766. The van der Waals surface area contributed by atoms with E-state index in [4.69, 9.17) is 40.6 Å². The predicted molar refractivity (Wildman–Crippen MR) is 546 cm³/mol. The number of hydrogen-bond acceptors (Lipinski definition) is 16. The van der Waals surface area contributed by atoms with Crippen LogP contribution in [0.4, 0.5) is 0 Å². The zero-order valence-corrected chi connectivity index (χ0v) is 74.3. The van der Waals surface area contributed by atoms with Crippen LogP contribution in [0.1, 0.15) is 11.1 Å². The van der Waals surface area contributed by atoms with Gasteiger partial charge in [0, 0.05) is 154 Å². The Morgan fingerprint density at radius 3 is 0.964 bits per heavy atom. The second-order valence-corrected chi connectivity index (χ2v) is 33.2. The van der Waals surface area contributed by atoms with Gasteiger partial charge in [-0.15, -0.1) is 30.6 Å². The lowest BCUT2D eigenvalue weighted by atomic mass is 9.94. The summed E-state index contributed by atoms with van der Waals surface area (Å²) in [6.45, 7) is 4.15. The Labute approximate surface area is 789 Å². The summed E-state index contributed by atoms with van der Waals surface area (Å²) in [6, 6.07) is 126. The molecule has 24 aromatic rings. The molecule has 0 saturated carbocycles. The van der Waals surface area contributed by atoms with E-state index in [-0.39, 0.29) is 0 Å². The summed E-state index contributed by atoms with van der Waals surface area (Å²) in [5.41, 5.74) is 39.4. The second kappa shape index (κ2) is 37.9. The largest absolute Gasteiger partial charge is 0.264 e. The summed E-state index contributed by atoms with van der Waals surface area (Å²) in [5.74, 6) is 0. The van der Waals surface area contributed by atoms with Gasteiger partial charge in [0.05, 0.1) is 51.2 Å². The molecule has 0 aliphatic carbocycles. The molecule has 11 aromatic carbocycles. The Hall–Kier alpha value is -18.9. The van der Waals surface area contributed by atoms with E-state index in [1.807, 2.05) is 195 Å². The van der Waals surface area contributed by atoms with Gasteiger partial charge in [-0.3, -0.25) is 39.9 Å². The van der Waals surface area contributed by atoms with Crippen LogP contribution in [-0.4, -0.2) is 94.8 Å². The number of pyridine rings is 10. The van der Waals surface area contributed by atoms with Crippen LogP contribution < -0.4 is 0 Å². The Morgan fingerprint density at radius 1 is 0.168 bits per heavy atom. The third kappa shape index (κ3) is 18.3. The van der Waals surface area contributed by atoms with Crippen LogP contribution in [-0.2, 0) is 0 Å². The van der Waals surface area contributed by atoms with Gasteiger partial charge < -0.3 is 0 Å². The lowest BCUT2D eigenvalue weighted by Crippen LogP contribution is -1.98. The molecule has 0 bridgehead atoms. The smallest absolute Gasteiger partial charge is 0.123 e. The summed E-state index contributed by atoms with van der Waals surface area (Å²) in [5, 5.41) is 30.2. The fourth-order valence-electron chi connectivity index (χ4n) is 17.1. The zero-order chi connectivity index (χ0) is 91.8. The molecule has 13 aromatic heterocycles. The minimum atomic E-state index is 0.745. The van der Waals surface area contributed by atoms with Crippen molar-refractivity contribution in [3.8, 4) is 185 Å². The van der Waals surface area contributed by atoms with Crippen molar-refractivity contribution < 1.29 is 0 Å². The zero-order valence-electron chi connectivity index (χ0n) is 74.3. The number of aromatic nitrogens is 19. The van der Waals surface area contributed by atoms with E-state index in [0.717, 1.165) is 229 Å². The molecule has 0 aliphatic heterocycles. The molecule has 0 spiro atoms. The van der Waals surface area contributed by atoms with Gasteiger partial charge in [0.15, 0.2) is 0 Å². The number of aryl methyl sites for hydroxylation is 2. The summed E-state index contributed by atoms with van der Waals surface area (Å²) in [6.07, 6.45) is 25.7. The molecule has 19 heteroatoms. The average molecular weight is 1770 g/mol. The van der Waals surface area contributed by atoms with Crippen molar-refractivity contribution in [3.63, 3.8) is 0 Å². The summed E-state index contributed by atoms with van der Waals surface area (Å²) in [7, 11) is 0. The number of rotatable bonds is 18. The fourth-order valence-corrected chi connectivity index (χ4v) is 17.1. The van der Waals surface area contributed by atoms with Gasteiger partial charge >= 0.3 is 0 Å². The minimum Gasteiger partial charge on any atom is -0.264 e. The van der Waals surface area contributed by atoms with Crippen molar-refractivity contribution >= 4 is 33.1 Å². The second-order valence-electron chi connectivity index (χ2n) is 33.2. The van der Waals surface area contributed by atoms with Gasteiger partial charge in [0.2, 0.25) is 0 Å². The average Bonchev–Trinajstić information content (AvgIpc) is 1.55. The molecule has 0 fully saturated rings. The molecule has 0 N–H and O–H groups in total. The highest BCUT2D eigenvalue weighted by molar-refractivity contribution is 5.99. The first kappa shape index (κ1) is 83.7. The maximum Gasteiger partial charge on any atom is 0.123 e. The number of benzene rings is 11. The van der Waals surface area contributed by atoms with Crippen LogP contribution >= 0.6 is 0 Å². The van der Waals surface area contributed by atoms with Gasteiger partial charge in [-0.05, 0) is 262 Å². The molecule has 13 heterocycles. The van der Waals surface area contributed by atoms with Crippen molar-refractivity contribution in [1.82, 2.24) is 94.8 Å². The van der Waals surface area contributed by atoms with Crippen molar-refractivity contribution in [1.29, 1.82) is 0 Å². The first-order valence-electron chi connectivity index (χ1n) is 44.9. The van der Waals surface area contributed by atoms with E-state index in [1.54, 1.807) is 51.6 Å². The monoisotopic (exact) mass is 1760 g/mol. The van der Waals surface area contributed by atoms with Gasteiger partial charge in [0.25, 0.3) is 0 Å². The topological polar surface area (TPSA) is 221 Å². The lowest BCUT2D eigenvalue weighted by Gasteiger charge is -2.11. The molecule has 0 saturated heterocycles. The standard InChI is InChI=1S/C40H29N7.C40H27N5.C38H25N7/c1-26-20-35(43-37(22-26)33-12-6-8-18-41-33)30-24-32(36-21-27(2)23-38(44-36)34-13-7-9-19-42-34)40-39(25-30)45-47(46-40)31-16-14-29(15-17-31)28-10-4-3-5-11-28;1-2-9-28(10-3-1)32-14-6-18-37(23-32)45-43-39-25-36(31-13-4-11-29(21-31)34-16-7-19-41-26-34)24-38(40(39)44-45)33-15-5-12-30(22-33)35-17-8-20-42-27-35;1-2-7-26(8-3-1)27-9-4-12-35(17-27)45-43-37-19-30(33-15-31(22-41-24-33)28-10-5-13-39-20-28)18-36(38(37)44-45)34-16-32(23-42-25-34)29-11-6-14-40-21-29/h3-25H,1-2H3;1-27H;1-25H. The van der Waals surface area contributed by atoms with Crippen molar-refractivity contribution in [2.75, 3.05) is 0 Å². The molecule has 0 radical (unpaired) electrons. The van der Waals surface area contributed by atoms with Crippen LogP contribution in [0, 0.1) is 13.8 Å². The predicted octanol–water partition coefficient (Wildman–Crippen LogP) is 26.8. The quantitative estimate of drug-likeness (QED) is 0.0779. The van der Waals surface area contributed by atoms with Crippen LogP contribution in [0.2, 0.25) is 0 Å². The summed E-state index contributed by atoms with van der Waals surface area (Å²) < 4.78 is 0. The Bertz CT molecular complexity index is 8120. The molecule has 0 amide bonds. The number of fused-ring (bicyclic) bond motifs is 3. The molecule has 648 valence electrons. The normalized spacial score (nSPS) is 11.1. The minimum absolute atomic E-state index is 0.745. The Kier molecular flexibility index (Phi) is 23.2. The maximum atomic E-state index is 5.10. The first-order valence-corrected chi connectivity index (χ1v) is 44.9. The van der Waals surface area contributed by atoms with Gasteiger partial charge in [0.1, 0.15) is 33.1 Å². The van der Waals surface area contributed by atoms with E-state index in [2.05, 4.69) is 278 Å². The number of hydrogen-bond donors (Lipinski definition) is 0. The highest BCUT2D eigenvalue weighted by Crippen LogP contribution is 2.42. The first-order chi connectivity index (χ1) is 67.6. The van der Waals surface area contributed by atoms with Crippen molar-refractivity contribution in [2.45, 2.75) is 13.8 Å². The fraction of sp³-hybridized carbons (Fsp3) is 0.0169. The van der Waals surface area contributed by atoms with E-state index < -0.39 is 0 Å². The summed E-state index contributed by atoms with van der Waals surface area (Å²) in [4.78, 5) is 50.9. The van der Waals surface area contributed by atoms with Gasteiger partial charge in [-0.2, -0.15) is 14.4 Å². The van der Waals surface area contributed by atoms with E-state index in [1.165, 1.54) is 0 Å². The molecule has 24 rings (SSSR count). The Morgan fingerprint density at radius 2 is 0.489 bits per heavy atom. The third-order valence-electron chi connectivity index (χ3n) is 23.9. The van der Waals surface area contributed by atoms with Crippen LogP contribution in [0.3, 0.4) is 0 Å². The van der Waals surface area contributed by atoms with Crippen LogP contribution in [0.15, 0.2) is 457 Å². The van der Waals surface area contributed by atoms with Crippen LogP contribution in [0.5, 0.6) is 0 Å². The highest BCUT2D eigenvalue weighted by Gasteiger charge is 2.23. The SMILES string of the molecule is Cc1cc(-c2cc(-c3cc(C)cc(-c4ccccn4)n3)c3nn(-c4ccc(-c5ccccc5)cc4)nc3c2)nc(-c2ccccn2)c1.c1ccc(-c2cccc(-n3nc4cc(-c5cccc(-c6cccnc6)c5)cc(-c5cccc(-c6cccnc6)c5)c4n3)c2)cc1.c1ccc(-c2cccc(-n3nc4cc(-c5cncc(-c6cccnc6)c5)cc(-c5cncc(-c6cccnc6)c5)c4n3)c2)cc1. The van der Waals surface area contributed by atoms with Crippen molar-refractivity contribution in [2.24, 2.45) is 0 Å². The number of nitrogens with zero attached hydrogens (tertiary/aromatic N) is 19. The maximum absolute atomic E-state index is 5.10. The molecule has 0 aliphatic rings. The molecule has 137 heavy (non-hydrogen) atoms. The molecule has 19 nitrogen and oxygen atoms in total. The van der Waals surface area contributed by atoms with E-state index >= 15 is 0 Å². The van der Waals surface area contributed by atoms with Crippen molar-refractivity contribution in [3.05, 3.63) is 468 Å². The third-order valence-corrected chi connectivity index (χ3v) is 23.9. The summed E-state index contributed by atoms with van der Waals surface area (Å²) >= 11 is 0. The molecular formula is C118H81N19. The molecular weight excluding hydrogens is 1680 g/mol. The van der Waals surface area contributed by atoms with Gasteiger partial charge in [-0.1, -0.05) is 200 Å².